The lowest BCUT2D eigenvalue weighted by atomic mass is 9.84. The van der Waals surface area contributed by atoms with Crippen molar-refractivity contribution in [2.24, 2.45) is 11.3 Å². The normalized spacial score (nSPS) is 37.9. The van der Waals surface area contributed by atoms with Gasteiger partial charge in [0.15, 0.2) is 0 Å². The molecule has 1 saturated carbocycles. The first-order valence-corrected chi connectivity index (χ1v) is 5.20. The Morgan fingerprint density at radius 3 is 2.55 bits per heavy atom. The van der Waals surface area contributed by atoms with Crippen LogP contribution >= 0.6 is 0 Å². The van der Waals surface area contributed by atoms with Crippen LogP contribution in [0.25, 0.3) is 0 Å². The molecule has 0 heterocycles. The van der Waals surface area contributed by atoms with Crippen molar-refractivity contribution in [1.29, 1.82) is 0 Å². The molecule has 1 aliphatic carbocycles. The maximum absolute atomic E-state index is 2.46. The zero-order chi connectivity index (χ0) is 8.32. The molecule has 0 saturated heterocycles. The van der Waals surface area contributed by atoms with Gasteiger partial charge in [0.25, 0.3) is 0 Å². The zero-order valence-corrected chi connectivity index (χ0v) is 8.32. The highest BCUT2D eigenvalue weighted by molar-refractivity contribution is 4.84. The number of hydrogen-bond acceptors (Lipinski definition) is 0. The van der Waals surface area contributed by atoms with E-state index in [1.807, 2.05) is 0 Å². The van der Waals surface area contributed by atoms with Gasteiger partial charge in [-0.3, -0.25) is 0 Å². The van der Waals surface area contributed by atoms with E-state index in [0.29, 0.717) is 5.41 Å². The molecule has 0 aromatic heterocycles. The average molecular weight is 154 g/mol. The third-order valence-electron chi connectivity index (χ3n) is 3.49. The quantitative estimate of drug-likeness (QED) is 0.576. The molecule has 0 aromatic carbocycles. The van der Waals surface area contributed by atoms with E-state index in [9.17, 15) is 0 Å². The SMILES string of the molecule is CCCC1CCC(C)(CC)C1. The Hall–Kier alpha value is 0. The summed E-state index contributed by atoms with van der Waals surface area (Å²) in [6.45, 7) is 7.11. The van der Waals surface area contributed by atoms with Gasteiger partial charge in [0.05, 0.1) is 0 Å². The first-order valence-electron chi connectivity index (χ1n) is 5.20. The minimum atomic E-state index is 0.708. The second-order valence-corrected chi connectivity index (χ2v) is 4.56. The van der Waals surface area contributed by atoms with Gasteiger partial charge in [-0.15, -0.1) is 0 Å². The Bertz CT molecular complexity index is 117. The predicted octanol–water partition coefficient (Wildman–Crippen LogP) is 4.00. The van der Waals surface area contributed by atoms with Crippen molar-refractivity contribution >= 4 is 0 Å². The molecule has 66 valence electrons. The van der Waals surface area contributed by atoms with E-state index in [4.69, 9.17) is 0 Å². The van der Waals surface area contributed by atoms with Crippen molar-refractivity contribution in [3.63, 3.8) is 0 Å². The van der Waals surface area contributed by atoms with Gasteiger partial charge in [-0.1, -0.05) is 40.0 Å². The van der Waals surface area contributed by atoms with E-state index in [-0.39, 0.29) is 0 Å². The van der Waals surface area contributed by atoms with E-state index in [2.05, 4.69) is 20.8 Å². The molecule has 1 rings (SSSR count). The summed E-state index contributed by atoms with van der Waals surface area (Å²) in [7, 11) is 0. The molecule has 0 spiro atoms. The molecule has 1 fully saturated rings. The Kier molecular flexibility index (Phi) is 2.98. The fraction of sp³-hybridized carbons (Fsp3) is 1.00. The summed E-state index contributed by atoms with van der Waals surface area (Å²) in [5.74, 6) is 1.06. The van der Waals surface area contributed by atoms with Crippen LogP contribution in [0.3, 0.4) is 0 Å². The van der Waals surface area contributed by atoms with Crippen molar-refractivity contribution < 1.29 is 0 Å². The van der Waals surface area contributed by atoms with Crippen molar-refractivity contribution in [3.8, 4) is 0 Å². The highest BCUT2D eigenvalue weighted by atomic mass is 14.4. The van der Waals surface area contributed by atoms with E-state index in [1.165, 1.54) is 38.5 Å². The van der Waals surface area contributed by atoms with Crippen LogP contribution in [0.15, 0.2) is 0 Å². The third-order valence-corrected chi connectivity index (χ3v) is 3.49. The van der Waals surface area contributed by atoms with Crippen LogP contribution in [0.1, 0.15) is 59.3 Å². The highest BCUT2D eigenvalue weighted by Crippen LogP contribution is 2.45. The topological polar surface area (TPSA) is 0 Å². The minimum absolute atomic E-state index is 0.708. The standard InChI is InChI=1S/C11H22/c1-4-6-10-7-8-11(3,5-2)9-10/h10H,4-9H2,1-3H3. The van der Waals surface area contributed by atoms with E-state index < -0.39 is 0 Å². The molecule has 0 bridgehead atoms. The monoisotopic (exact) mass is 154 g/mol. The predicted molar refractivity (Wildman–Crippen MR) is 50.6 cm³/mol. The van der Waals surface area contributed by atoms with Gasteiger partial charge in [-0.25, -0.2) is 0 Å². The van der Waals surface area contributed by atoms with Crippen molar-refractivity contribution in [2.45, 2.75) is 59.3 Å². The first kappa shape index (κ1) is 9.09. The molecule has 0 radical (unpaired) electrons. The van der Waals surface area contributed by atoms with Gasteiger partial charge in [-0.2, -0.15) is 0 Å². The van der Waals surface area contributed by atoms with Crippen molar-refractivity contribution in [2.75, 3.05) is 0 Å². The van der Waals surface area contributed by atoms with Crippen LogP contribution in [0.4, 0.5) is 0 Å². The minimum Gasteiger partial charge on any atom is -0.0654 e. The summed E-state index contributed by atoms with van der Waals surface area (Å²) in [5, 5.41) is 0. The Balaban J connectivity index is 2.33. The lowest BCUT2D eigenvalue weighted by molar-refractivity contribution is 0.303. The fourth-order valence-corrected chi connectivity index (χ4v) is 2.43. The van der Waals surface area contributed by atoms with Crippen molar-refractivity contribution in [1.82, 2.24) is 0 Å². The maximum Gasteiger partial charge on any atom is -0.0326 e. The highest BCUT2D eigenvalue weighted by Gasteiger charge is 2.32. The van der Waals surface area contributed by atoms with Crippen LogP contribution in [0.5, 0.6) is 0 Å². The van der Waals surface area contributed by atoms with Crippen LogP contribution in [0.2, 0.25) is 0 Å². The average Bonchev–Trinajstić information content (AvgIpc) is 2.35. The molecule has 0 aliphatic heterocycles. The summed E-state index contributed by atoms with van der Waals surface area (Å²) < 4.78 is 0. The summed E-state index contributed by atoms with van der Waals surface area (Å²) in [5.41, 5.74) is 0.708. The summed E-state index contributed by atoms with van der Waals surface area (Å²) in [4.78, 5) is 0. The number of hydrogen-bond donors (Lipinski definition) is 0. The molecular weight excluding hydrogens is 132 g/mol. The number of rotatable bonds is 3. The molecule has 2 atom stereocenters. The Labute approximate surface area is 71.4 Å². The lowest BCUT2D eigenvalue weighted by Gasteiger charge is -2.21. The van der Waals surface area contributed by atoms with Gasteiger partial charge in [0.2, 0.25) is 0 Å². The molecule has 0 nitrogen and oxygen atoms in total. The van der Waals surface area contributed by atoms with E-state index in [0.717, 1.165) is 5.92 Å². The summed E-state index contributed by atoms with van der Waals surface area (Å²) >= 11 is 0. The molecule has 1 aliphatic rings. The second kappa shape index (κ2) is 3.60. The fourth-order valence-electron chi connectivity index (χ4n) is 2.43. The van der Waals surface area contributed by atoms with Crippen LogP contribution in [-0.4, -0.2) is 0 Å². The van der Waals surface area contributed by atoms with Gasteiger partial charge in [-0.05, 0) is 30.6 Å². The molecule has 0 N–H and O–H groups in total. The molecule has 2 unspecified atom stereocenters. The third kappa shape index (κ3) is 2.21. The molecule has 11 heavy (non-hydrogen) atoms. The zero-order valence-electron chi connectivity index (χ0n) is 8.32. The van der Waals surface area contributed by atoms with Crippen LogP contribution in [-0.2, 0) is 0 Å². The molecular formula is C11H22. The first-order chi connectivity index (χ1) is 5.20. The molecule has 0 amide bonds. The Morgan fingerprint density at radius 2 is 2.09 bits per heavy atom. The molecule has 0 heteroatoms. The Morgan fingerprint density at radius 1 is 1.36 bits per heavy atom. The van der Waals surface area contributed by atoms with Crippen molar-refractivity contribution in [3.05, 3.63) is 0 Å². The van der Waals surface area contributed by atoms with Crippen LogP contribution in [0, 0.1) is 11.3 Å². The van der Waals surface area contributed by atoms with Gasteiger partial charge in [0.1, 0.15) is 0 Å². The second-order valence-electron chi connectivity index (χ2n) is 4.56. The van der Waals surface area contributed by atoms with Crippen LogP contribution < -0.4 is 0 Å². The largest absolute Gasteiger partial charge is 0.0654 e. The molecule has 0 aromatic rings. The lowest BCUT2D eigenvalue weighted by Crippen LogP contribution is -2.09. The summed E-state index contributed by atoms with van der Waals surface area (Å²) in [6.07, 6.45) is 8.71. The maximum atomic E-state index is 2.46. The summed E-state index contributed by atoms with van der Waals surface area (Å²) in [6, 6.07) is 0. The van der Waals surface area contributed by atoms with E-state index >= 15 is 0 Å². The van der Waals surface area contributed by atoms with Gasteiger partial charge >= 0.3 is 0 Å². The van der Waals surface area contributed by atoms with E-state index in [1.54, 1.807) is 0 Å². The van der Waals surface area contributed by atoms with Gasteiger partial charge < -0.3 is 0 Å². The smallest absolute Gasteiger partial charge is 0.0326 e. The van der Waals surface area contributed by atoms with Gasteiger partial charge in [0, 0.05) is 0 Å².